The number of fused-ring (bicyclic) bond motifs is 1. The van der Waals surface area contributed by atoms with E-state index in [4.69, 9.17) is 10.5 Å². The fourth-order valence-electron chi connectivity index (χ4n) is 2.35. The van der Waals surface area contributed by atoms with Crippen LogP contribution < -0.4 is 4.90 Å². The quantitative estimate of drug-likeness (QED) is 0.635. The molecule has 1 aromatic rings. The molecule has 1 heterocycles. The molecule has 1 aliphatic heterocycles. The Balaban J connectivity index is 2.82. The van der Waals surface area contributed by atoms with E-state index in [0.29, 0.717) is 0 Å². The van der Waals surface area contributed by atoms with Crippen LogP contribution in [0.25, 0.3) is 5.57 Å². The van der Waals surface area contributed by atoms with Crippen LogP contribution in [-0.4, -0.2) is 12.6 Å². The van der Waals surface area contributed by atoms with Gasteiger partial charge in [-0.1, -0.05) is 18.2 Å². The summed E-state index contributed by atoms with van der Waals surface area (Å²) in [4.78, 5) is 2.10. The van der Waals surface area contributed by atoms with Crippen molar-refractivity contribution in [1.29, 1.82) is 10.5 Å². The van der Waals surface area contributed by atoms with Crippen molar-refractivity contribution < 1.29 is 0 Å². The van der Waals surface area contributed by atoms with Crippen molar-refractivity contribution in [1.82, 2.24) is 0 Å². The molecule has 0 aliphatic carbocycles. The van der Waals surface area contributed by atoms with Crippen LogP contribution in [0.3, 0.4) is 0 Å². The number of rotatable bonds is 0. The third kappa shape index (κ3) is 1.40. The van der Waals surface area contributed by atoms with Crippen LogP contribution >= 0.6 is 0 Å². The van der Waals surface area contributed by atoms with Gasteiger partial charge in [0.15, 0.2) is 0 Å². The summed E-state index contributed by atoms with van der Waals surface area (Å²) in [6.07, 6.45) is 0. The lowest BCUT2D eigenvalue weighted by Gasteiger charge is -2.31. The molecule has 3 nitrogen and oxygen atoms in total. The monoisotopic (exact) mass is 223 g/mol. The summed E-state index contributed by atoms with van der Waals surface area (Å²) < 4.78 is 0. The molecule has 0 N–H and O–H groups in total. The fraction of sp³-hybridized carbons (Fsp3) is 0.286. The van der Waals surface area contributed by atoms with Gasteiger partial charge in [-0.2, -0.15) is 10.5 Å². The average molecular weight is 223 g/mol. The van der Waals surface area contributed by atoms with E-state index in [0.717, 1.165) is 16.8 Å². The summed E-state index contributed by atoms with van der Waals surface area (Å²) in [5.74, 6) is 0. The summed E-state index contributed by atoms with van der Waals surface area (Å²) in [6.45, 7) is 4.05. The predicted octanol–water partition coefficient (Wildman–Crippen LogP) is 2.72. The summed E-state index contributed by atoms with van der Waals surface area (Å²) >= 11 is 0. The van der Waals surface area contributed by atoms with E-state index < -0.39 is 0 Å². The van der Waals surface area contributed by atoms with Crippen molar-refractivity contribution in [3.05, 3.63) is 35.4 Å². The van der Waals surface area contributed by atoms with E-state index >= 15 is 0 Å². The lowest BCUT2D eigenvalue weighted by Crippen LogP contribution is -2.37. The molecule has 0 saturated carbocycles. The second-order valence-electron chi connectivity index (χ2n) is 4.61. The maximum Gasteiger partial charge on any atom is 0.135 e. The van der Waals surface area contributed by atoms with Crippen LogP contribution in [0.5, 0.6) is 0 Å². The first kappa shape index (κ1) is 11.2. The smallest absolute Gasteiger partial charge is 0.135 e. The van der Waals surface area contributed by atoms with Crippen LogP contribution in [0.1, 0.15) is 19.4 Å². The molecule has 0 atom stereocenters. The van der Waals surface area contributed by atoms with Gasteiger partial charge in [-0.3, -0.25) is 0 Å². The van der Waals surface area contributed by atoms with Crippen molar-refractivity contribution in [2.24, 2.45) is 0 Å². The molecule has 3 heteroatoms. The minimum absolute atomic E-state index is 0.201. The number of hydrogen-bond donors (Lipinski definition) is 0. The van der Waals surface area contributed by atoms with Crippen molar-refractivity contribution in [2.75, 3.05) is 11.9 Å². The molecular formula is C14H13N3. The molecule has 0 amide bonds. The number of para-hydroxylation sites is 1. The maximum absolute atomic E-state index is 9.08. The van der Waals surface area contributed by atoms with Gasteiger partial charge < -0.3 is 4.90 Å². The number of allylic oxidation sites excluding steroid dienone is 1. The Morgan fingerprint density at radius 3 is 2.35 bits per heavy atom. The number of anilines is 1. The maximum atomic E-state index is 9.08. The lowest BCUT2D eigenvalue weighted by molar-refractivity contribution is 0.642. The number of nitriles is 2. The van der Waals surface area contributed by atoms with Crippen LogP contribution in [0.15, 0.2) is 29.8 Å². The third-order valence-corrected chi connectivity index (χ3v) is 3.46. The van der Waals surface area contributed by atoms with Crippen molar-refractivity contribution >= 4 is 11.3 Å². The van der Waals surface area contributed by atoms with Gasteiger partial charge in [-0.05, 0) is 19.9 Å². The van der Waals surface area contributed by atoms with Gasteiger partial charge in [0.05, 0.1) is 5.54 Å². The standard InChI is InChI=1S/C14H13N3/c1-14(2)13(10(8-15)9-16)11-6-4-5-7-12(11)17(14)3/h4-7H,1-3H3. The molecule has 0 unspecified atom stereocenters. The van der Waals surface area contributed by atoms with E-state index in [1.54, 1.807) is 0 Å². The summed E-state index contributed by atoms with van der Waals surface area (Å²) in [5, 5.41) is 18.2. The summed E-state index contributed by atoms with van der Waals surface area (Å²) in [6, 6.07) is 11.9. The Morgan fingerprint density at radius 2 is 1.76 bits per heavy atom. The summed E-state index contributed by atoms with van der Waals surface area (Å²) in [7, 11) is 1.98. The van der Waals surface area contributed by atoms with Crippen LogP contribution in [-0.2, 0) is 0 Å². The third-order valence-electron chi connectivity index (χ3n) is 3.46. The fourth-order valence-corrected chi connectivity index (χ4v) is 2.35. The molecule has 17 heavy (non-hydrogen) atoms. The molecule has 84 valence electrons. The van der Waals surface area contributed by atoms with Crippen LogP contribution in [0, 0.1) is 22.7 Å². The zero-order valence-electron chi connectivity index (χ0n) is 10.2. The highest BCUT2D eigenvalue weighted by Crippen LogP contribution is 2.46. The first-order valence-electron chi connectivity index (χ1n) is 5.42. The molecule has 1 aromatic carbocycles. The minimum atomic E-state index is -0.329. The van der Waals surface area contributed by atoms with Crippen molar-refractivity contribution in [3.63, 3.8) is 0 Å². The van der Waals surface area contributed by atoms with E-state index in [1.807, 2.05) is 57.3 Å². The molecule has 0 saturated heterocycles. The van der Waals surface area contributed by atoms with Crippen LogP contribution in [0.4, 0.5) is 5.69 Å². The highest BCUT2D eigenvalue weighted by atomic mass is 15.2. The number of nitrogens with zero attached hydrogens (tertiary/aromatic N) is 3. The zero-order chi connectivity index (χ0) is 12.6. The second-order valence-corrected chi connectivity index (χ2v) is 4.61. The largest absolute Gasteiger partial charge is 0.365 e. The van der Waals surface area contributed by atoms with Gasteiger partial charge in [-0.15, -0.1) is 0 Å². The number of benzene rings is 1. The van der Waals surface area contributed by atoms with Gasteiger partial charge in [0.25, 0.3) is 0 Å². The van der Waals surface area contributed by atoms with Crippen LogP contribution in [0.2, 0.25) is 0 Å². The van der Waals surface area contributed by atoms with E-state index in [1.165, 1.54) is 0 Å². The van der Waals surface area contributed by atoms with Gasteiger partial charge in [0.1, 0.15) is 17.7 Å². The number of likely N-dealkylation sites (N-methyl/N-ethyl adjacent to an activating group) is 1. The highest BCUT2D eigenvalue weighted by Gasteiger charge is 2.40. The summed E-state index contributed by atoms with van der Waals surface area (Å²) in [5.41, 5.74) is 2.74. The van der Waals surface area contributed by atoms with E-state index in [9.17, 15) is 0 Å². The van der Waals surface area contributed by atoms with Gasteiger partial charge >= 0.3 is 0 Å². The van der Waals surface area contributed by atoms with E-state index in [2.05, 4.69) is 4.90 Å². The van der Waals surface area contributed by atoms with Gasteiger partial charge in [0.2, 0.25) is 0 Å². The topological polar surface area (TPSA) is 50.8 Å². The van der Waals surface area contributed by atoms with Crippen molar-refractivity contribution in [3.8, 4) is 12.1 Å². The Bertz CT molecular complexity index is 566. The second kappa shape index (κ2) is 3.64. The normalized spacial score (nSPS) is 16.1. The lowest BCUT2D eigenvalue weighted by atomic mass is 9.88. The molecule has 2 rings (SSSR count). The number of hydrogen-bond acceptors (Lipinski definition) is 3. The van der Waals surface area contributed by atoms with Gasteiger partial charge in [-0.25, -0.2) is 0 Å². The van der Waals surface area contributed by atoms with E-state index in [-0.39, 0.29) is 11.1 Å². The molecule has 0 radical (unpaired) electrons. The minimum Gasteiger partial charge on any atom is -0.365 e. The SMILES string of the molecule is CN1c2ccccc2C(=C(C#N)C#N)C1(C)C. The molecule has 0 fully saturated rings. The first-order valence-corrected chi connectivity index (χ1v) is 5.42. The molecule has 0 bridgehead atoms. The van der Waals surface area contributed by atoms with Gasteiger partial charge in [0, 0.05) is 23.9 Å². The molecule has 1 aliphatic rings. The average Bonchev–Trinajstić information content (AvgIpc) is 2.52. The first-order chi connectivity index (χ1) is 8.04. The zero-order valence-corrected chi connectivity index (χ0v) is 10.2. The Labute approximate surface area is 101 Å². The highest BCUT2D eigenvalue weighted by molar-refractivity contribution is 5.94. The predicted molar refractivity (Wildman–Crippen MR) is 67.1 cm³/mol. The molecule has 0 aromatic heterocycles. The Kier molecular flexibility index (Phi) is 2.41. The Morgan fingerprint density at radius 1 is 1.18 bits per heavy atom. The Hall–Kier alpha value is -2.26. The van der Waals surface area contributed by atoms with Crippen molar-refractivity contribution in [2.45, 2.75) is 19.4 Å². The molecular weight excluding hydrogens is 210 g/mol. The molecule has 0 spiro atoms.